The van der Waals surface area contributed by atoms with Crippen molar-refractivity contribution in [3.05, 3.63) is 28.2 Å². The van der Waals surface area contributed by atoms with Crippen molar-refractivity contribution in [3.63, 3.8) is 0 Å². The zero-order chi connectivity index (χ0) is 19.0. The van der Waals surface area contributed by atoms with E-state index in [0.717, 1.165) is 0 Å². The lowest BCUT2D eigenvalue weighted by molar-refractivity contribution is -0.142. The average molecular weight is 370 g/mol. The fourth-order valence-corrected chi connectivity index (χ4v) is 2.56. The van der Waals surface area contributed by atoms with E-state index in [0.29, 0.717) is 17.8 Å². The summed E-state index contributed by atoms with van der Waals surface area (Å²) in [6, 6.07) is -1.43. The van der Waals surface area contributed by atoms with Crippen LogP contribution >= 0.6 is 11.3 Å². The zero-order valence-electron chi connectivity index (χ0n) is 13.5. The highest BCUT2D eigenvalue weighted by molar-refractivity contribution is 7.09. The maximum atomic E-state index is 12.1. The molecule has 0 aliphatic rings. The third kappa shape index (κ3) is 7.12. The first-order valence-corrected chi connectivity index (χ1v) is 8.09. The Hall–Kier alpha value is -2.75. The van der Waals surface area contributed by atoms with E-state index in [1.165, 1.54) is 23.6 Å². The van der Waals surface area contributed by atoms with Crippen LogP contribution in [0.4, 0.5) is 0 Å². The van der Waals surface area contributed by atoms with E-state index in [4.69, 9.17) is 5.11 Å². The van der Waals surface area contributed by atoms with Gasteiger partial charge in [0.15, 0.2) is 6.04 Å². The van der Waals surface area contributed by atoms with Crippen LogP contribution in [-0.4, -0.2) is 51.7 Å². The number of nitrogens with one attached hydrogen (secondary N) is 1. The number of esters is 1. The van der Waals surface area contributed by atoms with Gasteiger partial charge in [-0.1, -0.05) is 6.58 Å². The zero-order valence-corrected chi connectivity index (χ0v) is 14.3. The van der Waals surface area contributed by atoms with Gasteiger partial charge in [0.25, 0.3) is 5.91 Å². The molecule has 1 unspecified atom stereocenters. The molecule has 0 spiro atoms. The van der Waals surface area contributed by atoms with Crippen molar-refractivity contribution in [3.8, 4) is 0 Å². The van der Waals surface area contributed by atoms with Crippen LogP contribution in [0.3, 0.4) is 0 Å². The second-order valence-electron chi connectivity index (χ2n) is 5.06. The predicted molar refractivity (Wildman–Crippen MR) is 87.4 cm³/mol. The van der Waals surface area contributed by atoms with Gasteiger partial charge in [0.1, 0.15) is 12.3 Å². The molecule has 25 heavy (non-hydrogen) atoms. The highest BCUT2D eigenvalue weighted by Gasteiger charge is 2.25. The molecule has 0 saturated carbocycles. The number of carboxylic acids is 2. The molecule has 1 atom stereocenters. The van der Waals surface area contributed by atoms with Crippen molar-refractivity contribution >= 4 is 35.2 Å². The molecular weight excluding hydrogens is 352 g/mol. The third-order valence-electron chi connectivity index (χ3n) is 2.96. The fourth-order valence-electron chi connectivity index (χ4n) is 1.74. The van der Waals surface area contributed by atoms with Gasteiger partial charge >= 0.3 is 17.9 Å². The summed E-state index contributed by atoms with van der Waals surface area (Å²) in [5.41, 5.74) is 0.0369. The molecule has 1 amide bonds. The van der Waals surface area contributed by atoms with Crippen molar-refractivity contribution < 1.29 is 34.1 Å². The van der Waals surface area contributed by atoms with Crippen molar-refractivity contribution in [2.45, 2.75) is 32.2 Å². The van der Waals surface area contributed by atoms with Gasteiger partial charge in [-0.2, -0.15) is 0 Å². The maximum Gasteiger partial charge on any atom is 0.330 e. The number of amides is 1. The molecule has 136 valence electrons. The second kappa shape index (κ2) is 9.52. The molecule has 1 rings (SSSR count). The van der Waals surface area contributed by atoms with E-state index in [1.54, 1.807) is 0 Å². The summed E-state index contributed by atoms with van der Waals surface area (Å²) in [4.78, 5) is 48.7. The largest absolute Gasteiger partial charge is 0.481 e. The molecule has 0 aliphatic carbocycles. The molecule has 0 radical (unpaired) electrons. The van der Waals surface area contributed by atoms with Crippen LogP contribution in [0.1, 0.15) is 35.3 Å². The normalized spacial score (nSPS) is 11.4. The van der Waals surface area contributed by atoms with Gasteiger partial charge in [-0.25, -0.2) is 9.78 Å². The lowest BCUT2D eigenvalue weighted by atomic mass is 10.1. The van der Waals surface area contributed by atoms with Crippen LogP contribution in [0.5, 0.6) is 0 Å². The lowest BCUT2D eigenvalue weighted by Crippen LogP contribution is -2.43. The van der Waals surface area contributed by atoms with Crippen LogP contribution in [-0.2, 0) is 25.5 Å². The van der Waals surface area contributed by atoms with Gasteiger partial charge in [0, 0.05) is 18.7 Å². The van der Waals surface area contributed by atoms with E-state index >= 15 is 0 Å². The number of hydrogen-bond acceptors (Lipinski definition) is 7. The Bertz CT molecular complexity index is 683. The summed E-state index contributed by atoms with van der Waals surface area (Å²) in [5, 5.41) is 22.1. The van der Waals surface area contributed by atoms with Crippen LogP contribution in [0, 0.1) is 0 Å². The van der Waals surface area contributed by atoms with E-state index < -0.39 is 29.9 Å². The number of aromatic nitrogens is 1. The second-order valence-corrected chi connectivity index (χ2v) is 6.00. The predicted octanol–water partition coefficient (Wildman–Crippen LogP) is 0.853. The molecule has 0 fully saturated rings. The number of carbonyl (C=O) groups is 4. The van der Waals surface area contributed by atoms with Crippen molar-refractivity contribution in [2.75, 3.05) is 6.61 Å². The Morgan fingerprint density at radius 3 is 2.60 bits per heavy atom. The first kappa shape index (κ1) is 20.3. The van der Waals surface area contributed by atoms with Crippen LogP contribution in [0.2, 0.25) is 0 Å². The first-order chi connectivity index (χ1) is 11.7. The standard InChI is InChI=1S/C15H18N2O7S/c1-8(6-24-9(2)18)13(15(22)23)17-14(21)10-7-25-11(16-10)4-3-5-12(19)20/h7,13H,1,3-6H2,2H3,(H,17,21)(H,19,20)(H,22,23). The Morgan fingerprint density at radius 2 is 2.04 bits per heavy atom. The Labute approximate surface area is 147 Å². The fraction of sp³-hybridized carbons (Fsp3) is 0.400. The molecule has 1 heterocycles. The first-order valence-electron chi connectivity index (χ1n) is 7.21. The van der Waals surface area contributed by atoms with Crippen molar-refractivity contribution in [1.82, 2.24) is 10.3 Å². The minimum Gasteiger partial charge on any atom is -0.481 e. The number of nitrogens with zero attached hydrogens (tertiary/aromatic N) is 1. The summed E-state index contributed by atoms with van der Waals surface area (Å²) < 4.78 is 4.68. The summed E-state index contributed by atoms with van der Waals surface area (Å²) in [6.07, 6.45) is 0.796. The summed E-state index contributed by atoms with van der Waals surface area (Å²) >= 11 is 1.18. The van der Waals surface area contributed by atoms with E-state index in [9.17, 15) is 24.3 Å². The van der Waals surface area contributed by atoms with Gasteiger partial charge in [-0.15, -0.1) is 11.3 Å². The molecule has 10 heteroatoms. The summed E-state index contributed by atoms with van der Waals surface area (Å²) in [7, 11) is 0. The quantitative estimate of drug-likeness (QED) is 0.406. The minimum atomic E-state index is -1.43. The van der Waals surface area contributed by atoms with Crippen molar-refractivity contribution in [2.24, 2.45) is 0 Å². The molecule has 9 nitrogen and oxygen atoms in total. The Balaban J connectivity index is 2.66. The van der Waals surface area contributed by atoms with Gasteiger partial charge < -0.3 is 20.3 Å². The molecule has 0 aliphatic heterocycles. The van der Waals surface area contributed by atoms with Crippen LogP contribution in [0.15, 0.2) is 17.5 Å². The van der Waals surface area contributed by atoms with E-state index in [-0.39, 0.29) is 24.3 Å². The molecule has 0 saturated heterocycles. The number of carbonyl (C=O) groups excluding carboxylic acids is 2. The molecule has 1 aromatic rings. The Kier molecular flexibility index (Phi) is 7.73. The molecule has 3 N–H and O–H groups in total. The SMILES string of the molecule is C=C(COC(C)=O)C(NC(=O)c1csc(CCCC(=O)O)n1)C(=O)O. The van der Waals surface area contributed by atoms with E-state index in [2.05, 4.69) is 21.6 Å². The highest BCUT2D eigenvalue weighted by Crippen LogP contribution is 2.13. The van der Waals surface area contributed by atoms with Crippen LogP contribution < -0.4 is 5.32 Å². The Morgan fingerprint density at radius 1 is 1.36 bits per heavy atom. The monoisotopic (exact) mass is 370 g/mol. The molecule has 0 aromatic carbocycles. The number of aryl methyl sites for hydroxylation is 1. The van der Waals surface area contributed by atoms with Crippen LogP contribution in [0.25, 0.3) is 0 Å². The lowest BCUT2D eigenvalue weighted by Gasteiger charge is -2.16. The maximum absolute atomic E-state index is 12.1. The number of rotatable bonds is 10. The molecular formula is C15H18N2O7S. The van der Waals surface area contributed by atoms with Gasteiger partial charge in [-0.05, 0) is 18.4 Å². The minimum absolute atomic E-state index is 0.00181. The smallest absolute Gasteiger partial charge is 0.330 e. The number of hydrogen-bond donors (Lipinski definition) is 3. The van der Waals surface area contributed by atoms with Gasteiger partial charge in [-0.3, -0.25) is 14.4 Å². The highest BCUT2D eigenvalue weighted by atomic mass is 32.1. The number of ether oxygens (including phenoxy) is 1. The third-order valence-corrected chi connectivity index (χ3v) is 3.87. The van der Waals surface area contributed by atoms with Crippen molar-refractivity contribution in [1.29, 1.82) is 0 Å². The average Bonchev–Trinajstić information content (AvgIpc) is 2.98. The number of carboxylic acid groups (broad SMARTS) is 2. The van der Waals surface area contributed by atoms with E-state index in [1.807, 2.05) is 0 Å². The summed E-state index contributed by atoms with van der Waals surface area (Å²) in [5.74, 6) is -3.56. The molecule has 0 bridgehead atoms. The number of thiazole rings is 1. The summed E-state index contributed by atoms with van der Waals surface area (Å²) in [6.45, 7) is 4.35. The van der Waals surface area contributed by atoms with Gasteiger partial charge in [0.05, 0.1) is 5.01 Å². The molecule has 1 aromatic heterocycles. The topological polar surface area (TPSA) is 143 Å². The van der Waals surface area contributed by atoms with Gasteiger partial charge in [0.2, 0.25) is 0 Å². The number of aliphatic carboxylic acids is 2.